The Morgan fingerprint density at radius 1 is 1.43 bits per heavy atom. The molecule has 0 bridgehead atoms. The van der Waals surface area contributed by atoms with E-state index in [2.05, 4.69) is 5.32 Å². The van der Waals surface area contributed by atoms with Crippen LogP contribution in [-0.2, 0) is 9.59 Å². The molecule has 1 N–H and O–H groups in total. The summed E-state index contributed by atoms with van der Waals surface area (Å²) in [5.74, 6) is 0.571. The largest absolute Gasteiger partial charge is 0.330 e. The van der Waals surface area contributed by atoms with E-state index in [1.807, 2.05) is 13.8 Å². The van der Waals surface area contributed by atoms with Crippen LogP contribution in [0.2, 0.25) is 0 Å². The predicted molar refractivity (Wildman–Crippen MR) is 54.5 cm³/mol. The first-order valence-corrected chi connectivity index (χ1v) is 5.03. The molecule has 0 aromatic rings. The van der Waals surface area contributed by atoms with Crippen molar-refractivity contribution in [3.8, 4) is 0 Å². The Labute approximate surface area is 84.6 Å². The molecule has 0 aromatic heterocycles. The van der Waals surface area contributed by atoms with Gasteiger partial charge in [-0.25, -0.2) is 0 Å². The molecule has 0 saturated carbocycles. The highest BCUT2D eigenvalue weighted by Gasteiger charge is 2.20. The van der Waals surface area contributed by atoms with Crippen LogP contribution < -0.4 is 5.32 Å². The fourth-order valence-electron chi connectivity index (χ4n) is 1.62. The van der Waals surface area contributed by atoms with E-state index >= 15 is 0 Å². The molecule has 1 amide bonds. The van der Waals surface area contributed by atoms with Gasteiger partial charge in [0.1, 0.15) is 0 Å². The number of hydrogen-bond acceptors (Lipinski definition) is 2. The summed E-state index contributed by atoms with van der Waals surface area (Å²) < 4.78 is 0. The Kier molecular flexibility index (Phi) is 3.44. The third-order valence-electron chi connectivity index (χ3n) is 2.31. The lowest BCUT2D eigenvalue weighted by Gasteiger charge is -2.18. The maximum absolute atomic E-state index is 11.7. The van der Waals surface area contributed by atoms with Gasteiger partial charge in [0.25, 0.3) is 0 Å². The average Bonchev–Trinajstić information content (AvgIpc) is 2.01. The van der Waals surface area contributed by atoms with Crippen LogP contribution in [0.3, 0.4) is 0 Å². The number of carbonyl (C=O) groups excluding carboxylic acids is 2. The van der Waals surface area contributed by atoms with Crippen LogP contribution in [0.1, 0.15) is 40.0 Å². The van der Waals surface area contributed by atoms with Crippen molar-refractivity contribution < 1.29 is 9.59 Å². The van der Waals surface area contributed by atoms with Gasteiger partial charge in [0.2, 0.25) is 5.91 Å². The maximum Gasteiger partial charge on any atom is 0.224 e. The molecule has 0 atom stereocenters. The van der Waals surface area contributed by atoms with Crippen molar-refractivity contribution in [1.29, 1.82) is 0 Å². The van der Waals surface area contributed by atoms with E-state index in [0.29, 0.717) is 25.2 Å². The lowest BCUT2D eigenvalue weighted by Crippen LogP contribution is -2.29. The minimum Gasteiger partial charge on any atom is -0.330 e. The molecule has 1 aliphatic rings. The van der Waals surface area contributed by atoms with Gasteiger partial charge in [0.15, 0.2) is 5.78 Å². The van der Waals surface area contributed by atoms with E-state index in [0.717, 1.165) is 11.3 Å². The van der Waals surface area contributed by atoms with Crippen LogP contribution in [0.15, 0.2) is 11.3 Å². The van der Waals surface area contributed by atoms with Crippen LogP contribution in [0.25, 0.3) is 0 Å². The number of allylic oxidation sites excluding steroid dienone is 2. The second-order valence-corrected chi connectivity index (χ2v) is 4.17. The molecule has 0 spiro atoms. The van der Waals surface area contributed by atoms with Crippen LogP contribution in [0, 0.1) is 5.92 Å². The van der Waals surface area contributed by atoms with Crippen LogP contribution in [0.4, 0.5) is 0 Å². The summed E-state index contributed by atoms with van der Waals surface area (Å²) >= 11 is 0. The zero-order valence-electron chi connectivity index (χ0n) is 9.02. The summed E-state index contributed by atoms with van der Waals surface area (Å²) in [6.45, 7) is 5.84. The number of ketones is 1. The lowest BCUT2D eigenvalue weighted by atomic mass is 9.94. The fraction of sp³-hybridized carbons (Fsp3) is 0.636. The van der Waals surface area contributed by atoms with E-state index in [1.165, 1.54) is 0 Å². The fourth-order valence-corrected chi connectivity index (χ4v) is 1.62. The summed E-state index contributed by atoms with van der Waals surface area (Å²) in [6.07, 6.45) is 1.61. The van der Waals surface area contributed by atoms with Crippen molar-refractivity contribution in [1.82, 2.24) is 5.32 Å². The Hall–Kier alpha value is -1.12. The number of hydrogen-bond donors (Lipinski definition) is 1. The van der Waals surface area contributed by atoms with Gasteiger partial charge in [-0.1, -0.05) is 13.8 Å². The molecule has 1 rings (SSSR count). The molecule has 78 valence electrons. The van der Waals surface area contributed by atoms with Crippen LogP contribution in [-0.4, -0.2) is 11.7 Å². The first kappa shape index (κ1) is 11.0. The van der Waals surface area contributed by atoms with E-state index < -0.39 is 0 Å². The third kappa shape index (κ3) is 2.69. The van der Waals surface area contributed by atoms with Gasteiger partial charge in [-0.2, -0.15) is 0 Å². The predicted octanol–water partition coefficient (Wildman–Crippen LogP) is 1.79. The van der Waals surface area contributed by atoms with Gasteiger partial charge in [0, 0.05) is 24.1 Å². The normalized spacial score (nSPS) is 17.3. The zero-order chi connectivity index (χ0) is 10.7. The van der Waals surface area contributed by atoms with Gasteiger partial charge in [0.05, 0.1) is 0 Å². The Morgan fingerprint density at radius 2 is 2.07 bits per heavy atom. The van der Waals surface area contributed by atoms with Gasteiger partial charge in [-0.15, -0.1) is 0 Å². The molecule has 0 aliphatic carbocycles. The average molecular weight is 195 g/mol. The SMILES string of the molecule is CC1=C(C(=O)CC(C)C)CCC(=O)N1. The van der Waals surface area contributed by atoms with E-state index in [-0.39, 0.29) is 11.7 Å². The molecule has 3 heteroatoms. The second kappa shape index (κ2) is 4.40. The number of Topliss-reactive ketones (excluding diaryl/α,β-unsaturated/α-hetero) is 1. The smallest absolute Gasteiger partial charge is 0.224 e. The van der Waals surface area contributed by atoms with Crippen molar-refractivity contribution in [3.63, 3.8) is 0 Å². The molecule has 0 saturated heterocycles. The first-order chi connectivity index (χ1) is 6.50. The van der Waals surface area contributed by atoms with Crippen molar-refractivity contribution in [2.45, 2.75) is 40.0 Å². The van der Waals surface area contributed by atoms with Gasteiger partial charge in [-0.3, -0.25) is 9.59 Å². The van der Waals surface area contributed by atoms with Crippen molar-refractivity contribution in [2.24, 2.45) is 5.92 Å². The van der Waals surface area contributed by atoms with Gasteiger partial charge < -0.3 is 5.32 Å². The standard InChI is InChI=1S/C11H17NO2/c1-7(2)6-10(13)9-4-5-11(14)12-8(9)3/h7H,4-6H2,1-3H3,(H,12,14). The quantitative estimate of drug-likeness (QED) is 0.746. The molecule has 1 heterocycles. The monoisotopic (exact) mass is 195 g/mol. The highest BCUT2D eigenvalue weighted by Crippen LogP contribution is 2.19. The minimum atomic E-state index is 0.0172. The Bertz CT molecular complexity index is 290. The number of rotatable bonds is 3. The topological polar surface area (TPSA) is 46.2 Å². The molecule has 1 aliphatic heterocycles. The summed E-state index contributed by atoms with van der Waals surface area (Å²) in [7, 11) is 0. The van der Waals surface area contributed by atoms with Crippen molar-refractivity contribution >= 4 is 11.7 Å². The molecule has 3 nitrogen and oxygen atoms in total. The summed E-state index contributed by atoms with van der Waals surface area (Å²) in [5.41, 5.74) is 1.55. The highest BCUT2D eigenvalue weighted by atomic mass is 16.2. The number of carbonyl (C=O) groups is 2. The van der Waals surface area contributed by atoms with Crippen molar-refractivity contribution in [2.75, 3.05) is 0 Å². The molecule has 0 aromatic carbocycles. The molecular weight excluding hydrogens is 178 g/mol. The molecule has 14 heavy (non-hydrogen) atoms. The number of nitrogens with one attached hydrogen (secondary N) is 1. The van der Waals surface area contributed by atoms with E-state index in [1.54, 1.807) is 6.92 Å². The third-order valence-corrected chi connectivity index (χ3v) is 2.31. The summed E-state index contributed by atoms with van der Waals surface area (Å²) in [4.78, 5) is 22.7. The molecule has 0 radical (unpaired) electrons. The summed E-state index contributed by atoms with van der Waals surface area (Å²) in [6, 6.07) is 0. The van der Waals surface area contributed by atoms with Crippen LogP contribution >= 0.6 is 0 Å². The number of amides is 1. The minimum absolute atomic E-state index is 0.0172. The van der Waals surface area contributed by atoms with E-state index in [4.69, 9.17) is 0 Å². The maximum atomic E-state index is 11.7. The second-order valence-electron chi connectivity index (χ2n) is 4.17. The van der Waals surface area contributed by atoms with Crippen molar-refractivity contribution in [3.05, 3.63) is 11.3 Å². The zero-order valence-corrected chi connectivity index (χ0v) is 9.02. The van der Waals surface area contributed by atoms with Crippen LogP contribution in [0.5, 0.6) is 0 Å². The molecular formula is C11H17NO2. The van der Waals surface area contributed by atoms with Gasteiger partial charge >= 0.3 is 0 Å². The molecule has 0 fully saturated rings. The lowest BCUT2D eigenvalue weighted by molar-refractivity contribution is -0.121. The Morgan fingerprint density at radius 3 is 2.57 bits per heavy atom. The summed E-state index contributed by atoms with van der Waals surface area (Å²) in [5, 5.41) is 2.70. The molecule has 0 unspecified atom stereocenters. The van der Waals surface area contributed by atoms with E-state index in [9.17, 15) is 9.59 Å². The van der Waals surface area contributed by atoms with Gasteiger partial charge in [-0.05, 0) is 19.3 Å². The Balaban J connectivity index is 2.72. The first-order valence-electron chi connectivity index (χ1n) is 5.03. The highest BCUT2D eigenvalue weighted by molar-refractivity contribution is 5.98.